The molecule has 2 rings (SSSR count). The van der Waals surface area contributed by atoms with E-state index in [2.05, 4.69) is 31.2 Å². The van der Waals surface area contributed by atoms with Gasteiger partial charge in [-0.25, -0.2) is 0 Å². The highest BCUT2D eigenvalue weighted by atomic mass is 35.5. The van der Waals surface area contributed by atoms with Crippen LogP contribution in [0.15, 0.2) is 42.5 Å². The van der Waals surface area contributed by atoms with Crippen LogP contribution in [0, 0.1) is 0 Å². The highest BCUT2D eigenvalue weighted by molar-refractivity contribution is 6.32. The van der Waals surface area contributed by atoms with Gasteiger partial charge in [0.2, 0.25) is 0 Å². The number of aryl methyl sites for hydroxylation is 1. The Balaban J connectivity index is 2.30. The SMILES string of the molecule is CCCc1ccc(-c2ccc(O)c(Cl)c2)cc1. The number of benzene rings is 2. The molecule has 0 aromatic heterocycles. The number of halogens is 1. The van der Waals surface area contributed by atoms with Crippen molar-refractivity contribution in [1.82, 2.24) is 0 Å². The van der Waals surface area contributed by atoms with Crippen LogP contribution in [-0.4, -0.2) is 5.11 Å². The maximum absolute atomic E-state index is 9.37. The zero-order chi connectivity index (χ0) is 12.3. The molecular weight excluding hydrogens is 232 g/mol. The van der Waals surface area contributed by atoms with Crippen molar-refractivity contribution in [3.8, 4) is 16.9 Å². The quantitative estimate of drug-likeness (QED) is 0.835. The zero-order valence-electron chi connectivity index (χ0n) is 9.78. The molecule has 0 unspecified atom stereocenters. The van der Waals surface area contributed by atoms with Crippen LogP contribution in [0.25, 0.3) is 11.1 Å². The Labute approximate surface area is 107 Å². The molecule has 17 heavy (non-hydrogen) atoms. The number of phenolic OH excluding ortho intramolecular Hbond substituents is 1. The molecular formula is C15H15ClO. The minimum atomic E-state index is 0.123. The monoisotopic (exact) mass is 246 g/mol. The molecule has 0 aliphatic rings. The standard InChI is InChI=1S/C15H15ClO/c1-2-3-11-4-6-12(7-5-11)13-8-9-15(17)14(16)10-13/h4-10,17H,2-3H2,1H3. The molecule has 0 saturated carbocycles. The predicted molar refractivity (Wildman–Crippen MR) is 72.5 cm³/mol. The molecule has 0 spiro atoms. The Morgan fingerprint density at radius 3 is 2.24 bits per heavy atom. The van der Waals surface area contributed by atoms with Crippen LogP contribution in [-0.2, 0) is 6.42 Å². The van der Waals surface area contributed by atoms with Crippen LogP contribution in [0.4, 0.5) is 0 Å². The van der Waals surface area contributed by atoms with Gasteiger partial charge in [0.1, 0.15) is 5.75 Å². The first-order valence-electron chi connectivity index (χ1n) is 5.78. The van der Waals surface area contributed by atoms with Gasteiger partial charge in [-0.15, -0.1) is 0 Å². The third kappa shape index (κ3) is 2.80. The lowest BCUT2D eigenvalue weighted by Gasteiger charge is -2.05. The van der Waals surface area contributed by atoms with Crippen LogP contribution in [0.5, 0.6) is 5.75 Å². The topological polar surface area (TPSA) is 20.2 Å². The summed E-state index contributed by atoms with van der Waals surface area (Å²) >= 11 is 5.89. The second kappa shape index (κ2) is 5.24. The Hall–Kier alpha value is -1.47. The molecule has 1 N–H and O–H groups in total. The molecule has 0 radical (unpaired) electrons. The number of hydrogen-bond donors (Lipinski definition) is 1. The van der Waals surface area contributed by atoms with Crippen molar-refractivity contribution in [1.29, 1.82) is 0 Å². The molecule has 0 aliphatic heterocycles. The summed E-state index contributed by atoms with van der Waals surface area (Å²) in [5.41, 5.74) is 3.49. The van der Waals surface area contributed by atoms with E-state index in [1.807, 2.05) is 6.07 Å². The summed E-state index contributed by atoms with van der Waals surface area (Å²) < 4.78 is 0. The number of aromatic hydroxyl groups is 1. The number of rotatable bonds is 3. The van der Waals surface area contributed by atoms with Crippen LogP contribution in [0.1, 0.15) is 18.9 Å². The van der Waals surface area contributed by atoms with Gasteiger partial charge < -0.3 is 5.11 Å². The summed E-state index contributed by atoms with van der Waals surface area (Å²) in [6.45, 7) is 2.17. The Bertz CT molecular complexity index is 503. The molecule has 0 heterocycles. The predicted octanol–water partition coefficient (Wildman–Crippen LogP) is 4.67. The Kier molecular flexibility index (Phi) is 3.70. The van der Waals surface area contributed by atoms with E-state index in [9.17, 15) is 5.11 Å². The van der Waals surface area contributed by atoms with E-state index in [1.165, 1.54) is 5.56 Å². The van der Waals surface area contributed by atoms with Gasteiger partial charge >= 0.3 is 0 Å². The fourth-order valence-electron chi connectivity index (χ4n) is 1.84. The fourth-order valence-corrected chi connectivity index (χ4v) is 2.02. The van der Waals surface area contributed by atoms with Gasteiger partial charge in [0.25, 0.3) is 0 Å². The Morgan fingerprint density at radius 2 is 1.65 bits per heavy atom. The first-order chi connectivity index (χ1) is 8.20. The van der Waals surface area contributed by atoms with Gasteiger partial charge in [0.15, 0.2) is 0 Å². The van der Waals surface area contributed by atoms with Crippen molar-refractivity contribution in [2.45, 2.75) is 19.8 Å². The minimum absolute atomic E-state index is 0.123. The van der Waals surface area contributed by atoms with Crippen molar-refractivity contribution >= 4 is 11.6 Å². The molecule has 88 valence electrons. The van der Waals surface area contributed by atoms with Crippen molar-refractivity contribution in [3.05, 3.63) is 53.1 Å². The van der Waals surface area contributed by atoms with E-state index in [-0.39, 0.29) is 5.75 Å². The highest BCUT2D eigenvalue weighted by Gasteiger charge is 2.02. The third-order valence-electron chi connectivity index (χ3n) is 2.77. The van der Waals surface area contributed by atoms with Crippen molar-refractivity contribution in [2.24, 2.45) is 0 Å². The highest BCUT2D eigenvalue weighted by Crippen LogP contribution is 2.29. The first kappa shape index (κ1) is 12.0. The largest absolute Gasteiger partial charge is 0.506 e. The van der Waals surface area contributed by atoms with Crippen molar-refractivity contribution in [3.63, 3.8) is 0 Å². The smallest absolute Gasteiger partial charge is 0.134 e. The van der Waals surface area contributed by atoms with E-state index in [4.69, 9.17) is 11.6 Å². The van der Waals surface area contributed by atoms with Crippen LogP contribution >= 0.6 is 11.6 Å². The second-order valence-corrected chi connectivity index (χ2v) is 4.52. The average Bonchev–Trinajstić information content (AvgIpc) is 2.34. The van der Waals surface area contributed by atoms with E-state index in [1.54, 1.807) is 12.1 Å². The van der Waals surface area contributed by atoms with Gasteiger partial charge in [-0.1, -0.05) is 55.3 Å². The fraction of sp³-hybridized carbons (Fsp3) is 0.200. The summed E-state index contributed by atoms with van der Waals surface area (Å²) in [4.78, 5) is 0. The summed E-state index contributed by atoms with van der Waals surface area (Å²) in [7, 11) is 0. The molecule has 0 amide bonds. The number of hydrogen-bond acceptors (Lipinski definition) is 1. The van der Waals surface area contributed by atoms with Crippen molar-refractivity contribution < 1.29 is 5.11 Å². The average molecular weight is 247 g/mol. The summed E-state index contributed by atoms with van der Waals surface area (Å²) in [5, 5.41) is 9.76. The molecule has 0 atom stereocenters. The molecule has 2 aromatic rings. The molecule has 2 aromatic carbocycles. The maximum atomic E-state index is 9.37. The third-order valence-corrected chi connectivity index (χ3v) is 3.08. The van der Waals surface area contributed by atoms with Gasteiger partial charge in [0.05, 0.1) is 5.02 Å². The summed E-state index contributed by atoms with van der Waals surface area (Å²) in [5.74, 6) is 0.123. The van der Waals surface area contributed by atoms with Crippen molar-refractivity contribution in [2.75, 3.05) is 0 Å². The van der Waals surface area contributed by atoms with E-state index in [0.29, 0.717) is 5.02 Å². The van der Waals surface area contributed by atoms with E-state index in [0.717, 1.165) is 24.0 Å². The Morgan fingerprint density at radius 1 is 1.00 bits per heavy atom. The van der Waals surface area contributed by atoms with Gasteiger partial charge in [-0.2, -0.15) is 0 Å². The maximum Gasteiger partial charge on any atom is 0.134 e. The van der Waals surface area contributed by atoms with Gasteiger partial charge in [-0.05, 0) is 35.2 Å². The molecule has 0 bridgehead atoms. The van der Waals surface area contributed by atoms with Crippen LogP contribution in [0.3, 0.4) is 0 Å². The van der Waals surface area contributed by atoms with Crippen LogP contribution < -0.4 is 0 Å². The minimum Gasteiger partial charge on any atom is -0.506 e. The zero-order valence-corrected chi connectivity index (χ0v) is 10.5. The normalized spacial score (nSPS) is 10.5. The molecule has 0 fully saturated rings. The number of phenols is 1. The lowest BCUT2D eigenvalue weighted by molar-refractivity contribution is 0.475. The van der Waals surface area contributed by atoms with Crippen LogP contribution in [0.2, 0.25) is 5.02 Å². The lowest BCUT2D eigenvalue weighted by Crippen LogP contribution is -1.83. The second-order valence-electron chi connectivity index (χ2n) is 4.11. The van der Waals surface area contributed by atoms with E-state index < -0.39 is 0 Å². The molecule has 2 heteroatoms. The molecule has 1 nitrogen and oxygen atoms in total. The summed E-state index contributed by atoms with van der Waals surface area (Å²) in [6.07, 6.45) is 2.26. The molecule has 0 saturated heterocycles. The van der Waals surface area contributed by atoms with Gasteiger partial charge in [0, 0.05) is 0 Å². The first-order valence-corrected chi connectivity index (χ1v) is 6.16. The molecule has 0 aliphatic carbocycles. The lowest BCUT2D eigenvalue weighted by atomic mass is 10.0. The van der Waals surface area contributed by atoms with E-state index >= 15 is 0 Å². The van der Waals surface area contributed by atoms with Gasteiger partial charge in [-0.3, -0.25) is 0 Å². The summed E-state index contributed by atoms with van der Waals surface area (Å²) in [6, 6.07) is 13.7.